The molecule has 1 aliphatic rings. The first kappa shape index (κ1) is 21.6. The molecule has 0 saturated heterocycles. The topological polar surface area (TPSA) is 57.1 Å². The summed E-state index contributed by atoms with van der Waals surface area (Å²) in [6.07, 6.45) is 7.29. The molecule has 158 valence electrons. The lowest BCUT2D eigenvalue weighted by molar-refractivity contribution is -0.136. The number of hydrogen-bond acceptors (Lipinski definition) is 5. The summed E-state index contributed by atoms with van der Waals surface area (Å²) in [6, 6.07) is 15.2. The standard InChI is InChI=1S/C25H29NO4/c1-3-5-7-17-29-22-14-10-20(11-15-22)24-23(25(27)30-26-24)18-19-8-12-21(13-9-19)28-16-6-4-2/h8-15,18H,3-7,16-17H2,1-2H3. The van der Waals surface area contributed by atoms with Gasteiger partial charge in [-0.1, -0.05) is 50.4 Å². The molecule has 0 spiro atoms. The van der Waals surface area contributed by atoms with Gasteiger partial charge in [-0.15, -0.1) is 0 Å². The minimum atomic E-state index is -0.451. The number of unbranched alkanes of at least 4 members (excludes halogenated alkanes) is 3. The van der Waals surface area contributed by atoms with Gasteiger partial charge in [-0.3, -0.25) is 0 Å². The number of rotatable bonds is 11. The minimum Gasteiger partial charge on any atom is -0.494 e. The van der Waals surface area contributed by atoms with Crippen molar-refractivity contribution in [1.82, 2.24) is 0 Å². The van der Waals surface area contributed by atoms with Gasteiger partial charge in [0, 0.05) is 5.56 Å². The van der Waals surface area contributed by atoms with E-state index in [1.807, 2.05) is 48.5 Å². The van der Waals surface area contributed by atoms with Gasteiger partial charge in [0.25, 0.3) is 0 Å². The highest BCUT2D eigenvalue weighted by Gasteiger charge is 2.26. The second-order valence-corrected chi connectivity index (χ2v) is 7.23. The third-order valence-electron chi connectivity index (χ3n) is 4.80. The van der Waals surface area contributed by atoms with E-state index in [1.165, 1.54) is 6.42 Å². The van der Waals surface area contributed by atoms with E-state index in [-0.39, 0.29) is 0 Å². The van der Waals surface area contributed by atoms with Gasteiger partial charge in [0.05, 0.1) is 18.8 Å². The second-order valence-electron chi connectivity index (χ2n) is 7.23. The van der Waals surface area contributed by atoms with Gasteiger partial charge in [0.15, 0.2) is 0 Å². The minimum absolute atomic E-state index is 0.436. The monoisotopic (exact) mass is 407 g/mol. The van der Waals surface area contributed by atoms with Crippen LogP contribution in [0, 0.1) is 0 Å². The van der Waals surface area contributed by atoms with Gasteiger partial charge in [-0.05, 0) is 60.9 Å². The van der Waals surface area contributed by atoms with Crippen LogP contribution in [0.2, 0.25) is 0 Å². The Kier molecular flexibility index (Phi) is 8.07. The maximum atomic E-state index is 12.2. The molecule has 0 aromatic heterocycles. The fourth-order valence-electron chi connectivity index (χ4n) is 3.03. The molecule has 5 nitrogen and oxygen atoms in total. The molecule has 0 bridgehead atoms. The zero-order chi connectivity index (χ0) is 21.2. The third-order valence-corrected chi connectivity index (χ3v) is 4.80. The fourth-order valence-corrected chi connectivity index (χ4v) is 3.03. The van der Waals surface area contributed by atoms with Crippen LogP contribution in [0.5, 0.6) is 11.5 Å². The van der Waals surface area contributed by atoms with Gasteiger partial charge in [0.1, 0.15) is 17.2 Å². The first-order valence-electron chi connectivity index (χ1n) is 10.7. The van der Waals surface area contributed by atoms with Gasteiger partial charge in [-0.2, -0.15) is 0 Å². The van der Waals surface area contributed by atoms with Crippen molar-refractivity contribution in [1.29, 1.82) is 0 Å². The van der Waals surface area contributed by atoms with E-state index >= 15 is 0 Å². The molecule has 30 heavy (non-hydrogen) atoms. The Morgan fingerprint density at radius 3 is 2.07 bits per heavy atom. The van der Waals surface area contributed by atoms with Crippen molar-refractivity contribution in [2.24, 2.45) is 5.16 Å². The van der Waals surface area contributed by atoms with Gasteiger partial charge in [0.2, 0.25) is 0 Å². The molecule has 0 unspecified atom stereocenters. The van der Waals surface area contributed by atoms with Crippen LogP contribution >= 0.6 is 0 Å². The molecular formula is C25H29NO4. The van der Waals surface area contributed by atoms with E-state index in [2.05, 4.69) is 19.0 Å². The number of hydrogen-bond donors (Lipinski definition) is 0. The lowest BCUT2D eigenvalue weighted by Gasteiger charge is -2.07. The Labute approximate surface area is 178 Å². The first-order valence-corrected chi connectivity index (χ1v) is 10.7. The fraction of sp³-hybridized carbons (Fsp3) is 0.360. The van der Waals surface area contributed by atoms with Crippen LogP contribution in [-0.4, -0.2) is 24.9 Å². The zero-order valence-electron chi connectivity index (χ0n) is 17.7. The summed E-state index contributed by atoms with van der Waals surface area (Å²) < 4.78 is 11.4. The summed E-state index contributed by atoms with van der Waals surface area (Å²) in [4.78, 5) is 17.2. The number of ether oxygens (including phenoxy) is 2. The van der Waals surface area contributed by atoms with Crippen LogP contribution in [0.15, 0.2) is 59.3 Å². The van der Waals surface area contributed by atoms with Crippen LogP contribution in [0.4, 0.5) is 0 Å². The van der Waals surface area contributed by atoms with E-state index in [1.54, 1.807) is 6.08 Å². The van der Waals surface area contributed by atoms with E-state index in [0.29, 0.717) is 24.5 Å². The summed E-state index contributed by atoms with van der Waals surface area (Å²) in [5.74, 6) is 1.18. The predicted molar refractivity (Wildman–Crippen MR) is 119 cm³/mol. The Balaban J connectivity index is 1.68. The van der Waals surface area contributed by atoms with Crippen molar-refractivity contribution >= 4 is 17.8 Å². The summed E-state index contributed by atoms with van der Waals surface area (Å²) in [5, 5.41) is 3.98. The number of carbonyl (C=O) groups excluding carboxylic acids is 1. The molecule has 0 radical (unpaired) electrons. The van der Waals surface area contributed by atoms with E-state index in [0.717, 1.165) is 48.3 Å². The average Bonchev–Trinajstić information content (AvgIpc) is 3.13. The molecule has 0 saturated carbocycles. The number of oxime groups is 1. The van der Waals surface area contributed by atoms with Crippen LogP contribution in [0.25, 0.3) is 6.08 Å². The molecule has 1 aliphatic heterocycles. The quantitative estimate of drug-likeness (QED) is 0.269. The molecule has 0 N–H and O–H groups in total. The van der Waals surface area contributed by atoms with Crippen LogP contribution in [0.1, 0.15) is 57.1 Å². The highest BCUT2D eigenvalue weighted by atomic mass is 16.7. The molecule has 0 fully saturated rings. The van der Waals surface area contributed by atoms with Crippen LogP contribution in [-0.2, 0) is 9.63 Å². The van der Waals surface area contributed by atoms with Crippen molar-refractivity contribution in [3.63, 3.8) is 0 Å². The Bertz CT molecular complexity index is 882. The third kappa shape index (κ3) is 5.96. The Hall–Kier alpha value is -3.08. The number of carbonyl (C=O) groups is 1. The van der Waals surface area contributed by atoms with Crippen molar-refractivity contribution in [2.45, 2.75) is 46.0 Å². The normalized spacial score (nSPS) is 14.5. The van der Waals surface area contributed by atoms with Crippen molar-refractivity contribution < 1.29 is 19.1 Å². The molecule has 0 amide bonds. The largest absolute Gasteiger partial charge is 0.494 e. The number of benzene rings is 2. The van der Waals surface area contributed by atoms with Crippen LogP contribution < -0.4 is 9.47 Å². The van der Waals surface area contributed by atoms with Crippen molar-refractivity contribution in [3.8, 4) is 11.5 Å². The predicted octanol–water partition coefficient (Wildman–Crippen LogP) is 5.78. The van der Waals surface area contributed by atoms with Gasteiger partial charge >= 0.3 is 5.97 Å². The van der Waals surface area contributed by atoms with E-state index in [4.69, 9.17) is 14.3 Å². The molecule has 5 heteroatoms. The average molecular weight is 408 g/mol. The lowest BCUT2D eigenvalue weighted by atomic mass is 10.0. The van der Waals surface area contributed by atoms with Gasteiger partial charge < -0.3 is 14.3 Å². The first-order chi connectivity index (χ1) is 14.7. The summed E-state index contributed by atoms with van der Waals surface area (Å²) in [5.41, 5.74) is 2.66. The van der Waals surface area contributed by atoms with Crippen LogP contribution in [0.3, 0.4) is 0 Å². The summed E-state index contributed by atoms with van der Waals surface area (Å²) >= 11 is 0. The van der Waals surface area contributed by atoms with E-state index in [9.17, 15) is 4.79 Å². The number of nitrogens with zero attached hydrogens (tertiary/aromatic N) is 1. The molecule has 1 heterocycles. The Morgan fingerprint density at radius 2 is 1.43 bits per heavy atom. The zero-order valence-corrected chi connectivity index (χ0v) is 17.7. The highest BCUT2D eigenvalue weighted by molar-refractivity contribution is 6.31. The van der Waals surface area contributed by atoms with Crippen molar-refractivity contribution in [2.75, 3.05) is 13.2 Å². The molecular weight excluding hydrogens is 378 g/mol. The SMILES string of the molecule is CCCCCOc1ccc(C2=NOC(=O)C2=Cc2ccc(OCCCC)cc2)cc1. The smallest absolute Gasteiger partial charge is 0.368 e. The Morgan fingerprint density at radius 1 is 0.833 bits per heavy atom. The maximum absolute atomic E-state index is 12.2. The molecule has 0 atom stereocenters. The van der Waals surface area contributed by atoms with Crippen molar-refractivity contribution in [3.05, 3.63) is 65.2 Å². The molecule has 3 rings (SSSR count). The lowest BCUT2D eigenvalue weighted by Crippen LogP contribution is -2.07. The second kappa shape index (κ2) is 11.2. The molecule has 0 aliphatic carbocycles. The summed E-state index contributed by atoms with van der Waals surface area (Å²) in [6.45, 7) is 5.71. The molecule has 2 aromatic rings. The summed E-state index contributed by atoms with van der Waals surface area (Å²) in [7, 11) is 0. The molecule has 2 aromatic carbocycles. The highest BCUT2D eigenvalue weighted by Crippen LogP contribution is 2.23. The maximum Gasteiger partial charge on any atom is 0.368 e. The van der Waals surface area contributed by atoms with E-state index < -0.39 is 5.97 Å². The van der Waals surface area contributed by atoms with Gasteiger partial charge in [-0.25, -0.2) is 4.79 Å².